The van der Waals surface area contributed by atoms with E-state index in [0.29, 0.717) is 0 Å². The van der Waals surface area contributed by atoms with Gasteiger partial charge in [-0.25, -0.2) is 0 Å². The lowest BCUT2D eigenvalue weighted by molar-refractivity contribution is 0.0994. The van der Waals surface area contributed by atoms with E-state index in [4.69, 9.17) is 10.8 Å². The first kappa shape index (κ1) is 11.9. The Bertz CT molecular complexity index is 329. The number of carbonyl (C=O) groups excluding carboxylic acids is 1. The molecule has 0 saturated heterocycles. The molecular weight excluding hydrogens is 214 g/mol. The number of aromatic nitrogens is 2. The van der Waals surface area contributed by atoms with Crippen molar-refractivity contribution in [3.05, 3.63) is 17.8 Å². The van der Waals surface area contributed by atoms with E-state index in [1.165, 1.54) is 11.8 Å². The van der Waals surface area contributed by atoms with Gasteiger partial charge in [-0.2, -0.15) is 0 Å². The van der Waals surface area contributed by atoms with Crippen molar-refractivity contribution in [2.24, 2.45) is 11.7 Å². The highest BCUT2D eigenvalue weighted by molar-refractivity contribution is 7.99. The van der Waals surface area contributed by atoms with Crippen molar-refractivity contribution >= 4 is 17.7 Å². The second-order valence-electron chi connectivity index (χ2n) is 3.22. The summed E-state index contributed by atoms with van der Waals surface area (Å²) in [5.74, 6) is 0.400. The van der Waals surface area contributed by atoms with Gasteiger partial charge in [-0.15, -0.1) is 22.0 Å². The fourth-order valence-electron chi connectivity index (χ4n) is 0.809. The molecule has 1 amide bonds. The maximum Gasteiger partial charge on any atom is 0.269 e. The minimum absolute atomic E-state index is 0.153. The Morgan fingerprint density at radius 1 is 1.60 bits per heavy atom. The number of aliphatic hydroxyl groups excluding tert-OH is 1. The molecule has 0 spiro atoms. The Balaban J connectivity index is 2.53. The van der Waals surface area contributed by atoms with Gasteiger partial charge in [0.25, 0.3) is 5.91 Å². The van der Waals surface area contributed by atoms with Crippen molar-refractivity contribution in [3.63, 3.8) is 0 Å². The molecule has 1 aromatic heterocycles. The van der Waals surface area contributed by atoms with E-state index in [-0.39, 0.29) is 18.2 Å². The highest BCUT2D eigenvalue weighted by atomic mass is 32.2. The standard InChI is InChI=1S/C9H13N3O2S/c1-6(4-13)5-15-8-3-2-7(9(10)14)11-12-8/h2-3,6,13H,4-5H2,1H3,(H2,10,14). The average molecular weight is 227 g/mol. The number of carbonyl (C=O) groups is 1. The number of thioether (sulfide) groups is 1. The molecule has 0 fully saturated rings. The van der Waals surface area contributed by atoms with Crippen LogP contribution in [0.3, 0.4) is 0 Å². The van der Waals surface area contributed by atoms with E-state index in [2.05, 4.69) is 10.2 Å². The van der Waals surface area contributed by atoms with Crippen LogP contribution in [0.15, 0.2) is 17.2 Å². The summed E-state index contributed by atoms with van der Waals surface area (Å²) in [6.07, 6.45) is 0. The van der Waals surface area contributed by atoms with Gasteiger partial charge >= 0.3 is 0 Å². The molecule has 15 heavy (non-hydrogen) atoms. The zero-order valence-electron chi connectivity index (χ0n) is 8.38. The monoisotopic (exact) mass is 227 g/mol. The highest BCUT2D eigenvalue weighted by Crippen LogP contribution is 2.17. The molecule has 1 rings (SSSR count). The lowest BCUT2D eigenvalue weighted by Crippen LogP contribution is -2.13. The van der Waals surface area contributed by atoms with Crippen LogP contribution in [0.1, 0.15) is 17.4 Å². The highest BCUT2D eigenvalue weighted by Gasteiger charge is 2.05. The number of rotatable bonds is 5. The van der Waals surface area contributed by atoms with E-state index in [1.54, 1.807) is 12.1 Å². The summed E-state index contributed by atoms with van der Waals surface area (Å²) in [4.78, 5) is 10.7. The van der Waals surface area contributed by atoms with E-state index in [9.17, 15) is 4.79 Å². The predicted molar refractivity (Wildman–Crippen MR) is 57.5 cm³/mol. The molecule has 1 atom stereocenters. The maximum absolute atomic E-state index is 10.7. The van der Waals surface area contributed by atoms with Gasteiger partial charge in [-0.3, -0.25) is 4.79 Å². The SMILES string of the molecule is CC(CO)CSc1ccc(C(N)=O)nn1. The lowest BCUT2D eigenvalue weighted by Gasteiger charge is -2.05. The Labute approximate surface area is 92.1 Å². The van der Waals surface area contributed by atoms with Crippen LogP contribution in [0, 0.1) is 5.92 Å². The zero-order valence-corrected chi connectivity index (χ0v) is 9.20. The zero-order chi connectivity index (χ0) is 11.3. The second-order valence-corrected chi connectivity index (χ2v) is 4.26. The molecule has 1 unspecified atom stereocenters. The first-order valence-corrected chi connectivity index (χ1v) is 5.49. The smallest absolute Gasteiger partial charge is 0.269 e. The molecule has 0 aliphatic rings. The summed E-state index contributed by atoms with van der Waals surface area (Å²) >= 11 is 1.49. The van der Waals surface area contributed by atoms with E-state index in [0.717, 1.165) is 10.8 Å². The van der Waals surface area contributed by atoms with Crippen LogP contribution < -0.4 is 5.73 Å². The molecule has 5 nitrogen and oxygen atoms in total. The Morgan fingerprint density at radius 2 is 2.33 bits per heavy atom. The van der Waals surface area contributed by atoms with Crippen LogP contribution in [-0.2, 0) is 0 Å². The van der Waals surface area contributed by atoms with E-state index in [1.807, 2.05) is 6.92 Å². The van der Waals surface area contributed by atoms with Gasteiger partial charge in [-0.1, -0.05) is 6.92 Å². The van der Waals surface area contributed by atoms with E-state index >= 15 is 0 Å². The molecule has 1 aromatic rings. The number of nitrogens with zero attached hydrogens (tertiary/aromatic N) is 2. The topological polar surface area (TPSA) is 89.1 Å². The largest absolute Gasteiger partial charge is 0.396 e. The fraction of sp³-hybridized carbons (Fsp3) is 0.444. The van der Waals surface area contributed by atoms with Crippen LogP contribution in [0.4, 0.5) is 0 Å². The Hall–Kier alpha value is -1.14. The number of aliphatic hydroxyl groups is 1. The van der Waals surface area contributed by atoms with Crippen LogP contribution in [-0.4, -0.2) is 33.6 Å². The molecule has 0 aliphatic heterocycles. The summed E-state index contributed by atoms with van der Waals surface area (Å²) in [7, 11) is 0. The number of nitrogens with two attached hydrogens (primary N) is 1. The number of primary amides is 1. The molecule has 0 saturated carbocycles. The van der Waals surface area contributed by atoms with Crippen molar-refractivity contribution in [1.82, 2.24) is 10.2 Å². The van der Waals surface area contributed by atoms with Crippen molar-refractivity contribution < 1.29 is 9.90 Å². The summed E-state index contributed by atoms with van der Waals surface area (Å²) in [5.41, 5.74) is 5.19. The van der Waals surface area contributed by atoms with Crippen molar-refractivity contribution in [2.45, 2.75) is 11.9 Å². The number of amides is 1. The molecular formula is C9H13N3O2S. The molecule has 3 N–H and O–H groups in total. The maximum atomic E-state index is 10.7. The summed E-state index contributed by atoms with van der Waals surface area (Å²) < 4.78 is 0. The summed E-state index contributed by atoms with van der Waals surface area (Å²) in [5, 5.41) is 17.1. The normalized spacial score (nSPS) is 12.4. The Morgan fingerprint density at radius 3 is 2.80 bits per heavy atom. The second kappa shape index (κ2) is 5.67. The van der Waals surface area contributed by atoms with Gasteiger partial charge in [0.15, 0.2) is 5.69 Å². The first-order valence-electron chi connectivity index (χ1n) is 4.50. The molecule has 6 heteroatoms. The average Bonchev–Trinajstić information content (AvgIpc) is 2.26. The van der Waals surface area contributed by atoms with E-state index < -0.39 is 5.91 Å². The molecule has 0 aliphatic carbocycles. The van der Waals surface area contributed by atoms with Crippen molar-refractivity contribution in [2.75, 3.05) is 12.4 Å². The molecule has 82 valence electrons. The molecule has 0 aromatic carbocycles. The molecule has 0 radical (unpaired) electrons. The van der Waals surface area contributed by atoms with Gasteiger partial charge < -0.3 is 10.8 Å². The van der Waals surface area contributed by atoms with Gasteiger partial charge in [0.1, 0.15) is 5.03 Å². The summed E-state index contributed by atoms with van der Waals surface area (Å²) in [6.45, 7) is 2.10. The minimum atomic E-state index is -0.581. The third kappa shape index (κ3) is 3.85. The third-order valence-electron chi connectivity index (χ3n) is 1.72. The van der Waals surface area contributed by atoms with Gasteiger partial charge in [0.2, 0.25) is 0 Å². The minimum Gasteiger partial charge on any atom is -0.396 e. The van der Waals surface area contributed by atoms with Gasteiger partial charge in [-0.05, 0) is 18.1 Å². The molecule has 1 heterocycles. The molecule has 0 bridgehead atoms. The Kier molecular flexibility index (Phi) is 4.51. The van der Waals surface area contributed by atoms with Crippen LogP contribution >= 0.6 is 11.8 Å². The third-order valence-corrected chi connectivity index (χ3v) is 2.97. The fourth-order valence-corrected chi connectivity index (χ4v) is 1.63. The van der Waals surface area contributed by atoms with Crippen LogP contribution in [0.2, 0.25) is 0 Å². The van der Waals surface area contributed by atoms with Gasteiger partial charge in [0, 0.05) is 12.4 Å². The quantitative estimate of drug-likeness (QED) is 0.706. The van der Waals surface area contributed by atoms with Crippen molar-refractivity contribution in [3.8, 4) is 0 Å². The number of hydrogen-bond acceptors (Lipinski definition) is 5. The van der Waals surface area contributed by atoms with Crippen LogP contribution in [0.25, 0.3) is 0 Å². The summed E-state index contributed by atoms with van der Waals surface area (Å²) in [6, 6.07) is 3.24. The lowest BCUT2D eigenvalue weighted by atomic mass is 10.2. The van der Waals surface area contributed by atoms with Crippen molar-refractivity contribution in [1.29, 1.82) is 0 Å². The van der Waals surface area contributed by atoms with Crippen LogP contribution in [0.5, 0.6) is 0 Å². The van der Waals surface area contributed by atoms with Gasteiger partial charge in [0.05, 0.1) is 0 Å². The first-order chi connectivity index (χ1) is 7.13. The predicted octanol–water partition coefficient (Wildman–Crippen LogP) is 0.296. The number of hydrogen-bond donors (Lipinski definition) is 2.